The van der Waals surface area contributed by atoms with Crippen LogP contribution in [0, 0.1) is 13.8 Å². The number of benzene rings is 1. The number of hydrogen-bond donors (Lipinski definition) is 1. The van der Waals surface area contributed by atoms with Crippen molar-refractivity contribution in [2.24, 2.45) is 0 Å². The lowest BCUT2D eigenvalue weighted by atomic mass is 10.1. The van der Waals surface area contributed by atoms with Crippen LogP contribution in [0.2, 0.25) is 0 Å². The van der Waals surface area contributed by atoms with Gasteiger partial charge in [-0.2, -0.15) is 0 Å². The van der Waals surface area contributed by atoms with E-state index in [1.165, 1.54) is 5.56 Å². The van der Waals surface area contributed by atoms with Gasteiger partial charge in [-0.1, -0.05) is 12.1 Å². The maximum atomic E-state index is 10.2. The molecule has 0 radical (unpaired) electrons. The molecule has 0 bridgehead atoms. The molecule has 0 amide bonds. The van der Waals surface area contributed by atoms with E-state index in [4.69, 9.17) is 9.47 Å². The van der Waals surface area contributed by atoms with Crippen molar-refractivity contribution in [3.05, 3.63) is 29.3 Å². The predicted molar refractivity (Wildman–Crippen MR) is 91.1 cm³/mol. The van der Waals surface area contributed by atoms with Crippen molar-refractivity contribution < 1.29 is 14.6 Å². The van der Waals surface area contributed by atoms with E-state index >= 15 is 0 Å². The van der Waals surface area contributed by atoms with E-state index in [9.17, 15) is 5.11 Å². The third-order valence-electron chi connectivity index (χ3n) is 3.74. The van der Waals surface area contributed by atoms with Crippen LogP contribution in [0.25, 0.3) is 0 Å². The summed E-state index contributed by atoms with van der Waals surface area (Å²) >= 11 is 0. The second-order valence-electron chi connectivity index (χ2n) is 6.21. The maximum absolute atomic E-state index is 10.2. The largest absolute Gasteiger partial charge is 0.491 e. The molecule has 2 rings (SSSR count). The van der Waals surface area contributed by atoms with Gasteiger partial charge in [-0.25, -0.2) is 0 Å². The molecule has 3 unspecified atom stereocenters. The molecular formula is C17H28ClNO3. The molecule has 1 aliphatic heterocycles. The van der Waals surface area contributed by atoms with Crippen molar-refractivity contribution in [3.63, 3.8) is 0 Å². The van der Waals surface area contributed by atoms with Crippen molar-refractivity contribution in [2.75, 3.05) is 26.2 Å². The van der Waals surface area contributed by atoms with E-state index in [2.05, 4.69) is 24.8 Å². The van der Waals surface area contributed by atoms with Gasteiger partial charge in [-0.3, -0.25) is 4.90 Å². The molecule has 1 N–H and O–H groups in total. The van der Waals surface area contributed by atoms with Crippen molar-refractivity contribution in [1.82, 2.24) is 4.90 Å². The van der Waals surface area contributed by atoms with E-state index in [1.54, 1.807) is 0 Å². The summed E-state index contributed by atoms with van der Waals surface area (Å²) in [5.74, 6) is 0.859. The normalized spacial score (nSPS) is 23.7. The molecule has 0 saturated carbocycles. The SMILES string of the molecule is Cc1ccc(C)c(OCC(O)CN2CC(C)OC(C)C2)c1.Cl. The lowest BCUT2D eigenvalue weighted by molar-refractivity contribution is -0.0786. The first-order chi connectivity index (χ1) is 9.94. The molecule has 126 valence electrons. The summed E-state index contributed by atoms with van der Waals surface area (Å²) in [6.45, 7) is 10.9. The second-order valence-corrected chi connectivity index (χ2v) is 6.21. The third-order valence-corrected chi connectivity index (χ3v) is 3.74. The highest BCUT2D eigenvalue weighted by Gasteiger charge is 2.23. The Balaban J connectivity index is 0.00000242. The quantitative estimate of drug-likeness (QED) is 0.901. The number of aliphatic hydroxyl groups excluding tert-OH is 1. The van der Waals surface area contributed by atoms with Crippen molar-refractivity contribution in [2.45, 2.75) is 46.0 Å². The van der Waals surface area contributed by atoms with Gasteiger partial charge in [0.05, 0.1) is 12.2 Å². The molecule has 1 aromatic rings. The molecule has 5 heteroatoms. The van der Waals surface area contributed by atoms with Gasteiger partial charge in [-0.05, 0) is 44.9 Å². The Hall–Kier alpha value is -0.810. The fourth-order valence-electron chi connectivity index (χ4n) is 2.83. The summed E-state index contributed by atoms with van der Waals surface area (Å²) in [5.41, 5.74) is 2.27. The minimum Gasteiger partial charge on any atom is -0.491 e. The van der Waals surface area contributed by atoms with E-state index in [0.29, 0.717) is 13.2 Å². The van der Waals surface area contributed by atoms with Crippen LogP contribution in [-0.2, 0) is 4.74 Å². The van der Waals surface area contributed by atoms with Gasteiger partial charge >= 0.3 is 0 Å². The zero-order valence-corrected chi connectivity index (χ0v) is 14.7. The molecule has 3 atom stereocenters. The van der Waals surface area contributed by atoms with Gasteiger partial charge in [-0.15, -0.1) is 12.4 Å². The lowest BCUT2D eigenvalue weighted by Crippen LogP contribution is -2.48. The lowest BCUT2D eigenvalue weighted by Gasteiger charge is -2.36. The van der Waals surface area contributed by atoms with Crippen LogP contribution in [0.15, 0.2) is 18.2 Å². The number of hydrogen-bond acceptors (Lipinski definition) is 4. The van der Waals surface area contributed by atoms with Crippen molar-refractivity contribution in [3.8, 4) is 5.75 Å². The molecule has 0 aliphatic carbocycles. The Morgan fingerprint density at radius 3 is 2.55 bits per heavy atom. The van der Waals surface area contributed by atoms with Crippen molar-refractivity contribution >= 4 is 12.4 Å². The molecule has 0 spiro atoms. The van der Waals surface area contributed by atoms with Crippen LogP contribution >= 0.6 is 12.4 Å². The molecule has 4 nitrogen and oxygen atoms in total. The number of morpholine rings is 1. The topological polar surface area (TPSA) is 41.9 Å². The Bertz CT molecular complexity index is 459. The molecular weight excluding hydrogens is 302 g/mol. The van der Waals surface area contributed by atoms with E-state index in [1.807, 2.05) is 26.0 Å². The van der Waals surface area contributed by atoms with E-state index < -0.39 is 6.10 Å². The van der Waals surface area contributed by atoms with E-state index in [0.717, 1.165) is 24.4 Å². The molecule has 1 aliphatic rings. The third kappa shape index (κ3) is 5.76. The highest BCUT2D eigenvalue weighted by atomic mass is 35.5. The number of ether oxygens (including phenoxy) is 2. The first kappa shape index (κ1) is 19.2. The van der Waals surface area contributed by atoms with Crippen LogP contribution in [0.3, 0.4) is 0 Å². The molecule has 1 heterocycles. The maximum Gasteiger partial charge on any atom is 0.122 e. The van der Waals surface area contributed by atoms with E-state index in [-0.39, 0.29) is 24.6 Å². The molecule has 1 fully saturated rings. The summed E-state index contributed by atoms with van der Waals surface area (Å²) < 4.78 is 11.5. The monoisotopic (exact) mass is 329 g/mol. The number of nitrogens with zero attached hydrogens (tertiary/aromatic N) is 1. The van der Waals surface area contributed by atoms with Crippen LogP contribution in [-0.4, -0.2) is 54.6 Å². The predicted octanol–water partition coefficient (Wildman–Crippen LogP) is 2.57. The second kappa shape index (κ2) is 8.73. The average molecular weight is 330 g/mol. The number of aryl methyl sites for hydroxylation is 2. The molecule has 22 heavy (non-hydrogen) atoms. The Morgan fingerprint density at radius 1 is 1.27 bits per heavy atom. The van der Waals surface area contributed by atoms with Gasteiger partial charge in [0.2, 0.25) is 0 Å². The van der Waals surface area contributed by atoms with Gasteiger partial charge in [0.25, 0.3) is 0 Å². The number of aliphatic hydroxyl groups is 1. The highest BCUT2D eigenvalue weighted by molar-refractivity contribution is 5.85. The average Bonchev–Trinajstić information content (AvgIpc) is 2.38. The van der Waals surface area contributed by atoms with Gasteiger partial charge in [0, 0.05) is 19.6 Å². The van der Waals surface area contributed by atoms with Crippen LogP contribution in [0.4, 0.5) is 0 Å². The fraction of sp³-hybridized carbons (Fsp3) is 0.647. The fourth-order valence-corrected chi connectivity index (χ4v) is 2.83. The number of β-amino-alcohol motifs (C(OH)–C–C–N with tert-alkyl or cyclic N) is 1. The standard InChI is InChI=1S/C17H27NO3.ClH/c1-12-5-6-13(2)17(7-12)20-11-16(19)10-18-8-14(3)21-15(4)9-18;/h5-7,14-16,19H,8-11H2,1-4H3;1H. The van der Waals surface area contributed by atoms with Gasteiger partial charge in [0.15, 0.2) is 0 Å². The van der Waals surface area contributed by atoms with Crippen molar-refractivity contribution in [1.29, 1.82) is 0 Å². The highest BCUT2D eigenvalue weighted by Crippen LogP contribution is 2.19. The number of rotatable bonds is 5. The molecule has 1 aromatic carbocycles. The summed E-state index contributed by atoms with van der Waals surface area (Å²) in [6.07, 6.45) is -0.0378. The zero-order valence-electron chi connectivity index (χ0n) is 13.9. The Morgan fingerprint density at radius 2 is 1.91 bits per heavy atom. The molecule has 0 aromatic heterocycles. The summed E-state index contributed by atoms with van der Waals surface area (Å²) in [6, 6.07) is 6.12. The minimum absolute atomic E-state index is 0. The smallest absolute Gasteiger partial charge is 0.122 e. The molecule has 1 saturated heterocycles. The van der Waals surface area contributed by atoms with Gasteiger partial charge < -0.3 is 14.6 Å². The van der Waals surface area contributed by atoms with Crippen LogP contribution < -0.4 is 4.74 Å². The summed E-state index contributed by atoms with van der Waals surface area (Å²) in [5, 5.41) is 10.2. The Labute approximate surface area is 139 Å². The summed E-state index contributed by atoms with van der Waals surface area (Å²) in [7, 11) is 0. The first-order valence-corrected chi connectivity index (χ1v) is 7.70. The van der Waals surface area contributed by atoms with Gasteiger partial charge in [0.1, 0.15) is 18.5 Å². The minimum atomic E-state index is -0.484. The Kier molecular flexibility index (Phi) is 7.63. The number of halogens is 1. The first-order valence-electron chi connectivity index (χ1n) is 7.70. The summed E-state index contributed by atoms with van der Waals surface area (Å²) in [4.78, 5) is 2.25. The zero-order chi connectivity index (χ0) is 15.4. The van der Waals surface area contributed by atoms with Crippen LogP contribution in [0.5, 0.6) is 5.75 Å². The van der Waals surface area contributed by atoms with Crippen LogP contribution in [0.1, 0.15) is 25.0 Å².